The number of phosphoric acid groups is 2. The van der Waals surface area contributed by atoms with Crippen LogP contribution in [0.5, 0.6) is 0 Å². The molecule has 0 aromatic rings. The number of aliphatic hydroxyl groups is 1. The molecule has 0 aliphatic carbocycles. The van der Waals surface area contributed by atoms with Gasteiger partial charge < -0.3 is 33.8 Å². The third-order valence-electron chi connectivity index (χ3n) is 15.4. The highest BCUT2D eigenvalue weighted by atomic mass is 31.2. The summed E-state index contributed by atoms with van der Waals surface area (Å²) in [7, 11) is -9.89. The van der Waals surface area contributed by atoms with Gasteiger partial charge in [-0.25, -0.2) is 9.13 Å². The van der Waals surface area contributed by atoms with Crippen molar-refractivity contribution in [3.05, 3.63) is 0 Å². The van der Waals surface area contributed by atoms with Crippen LogP contribution in [0.1, 0.15) is 331 Å². The van der Waals surface area contributed by atoms with E-state index in [9.17, 15) is 43.2 Å². The van der Waals surface area contributed by atoms with Gasteiger partial charge in [0, 0.05) is 25.7 Å². The van der Waals surface area contributed by atoms with Crippen molar-refractivity contribution in [2.45, 2.75) is 349 Å². The van der Waals surface area contributed by atoms with Crippen LogP contribution < -0.4 is 0 Å². The molecular formula is C67H130O17P2. The van der Waals surface area contributed by atoms with Crippen molar-refractivity contribution >= 4 is 39.5 Å². The van der Waals surface area contributed by atoms with E-state index in [4.69, 9.17) is 37.0 Å². The maximum atomic E-state index is 13.0. The minimum absolute atomic E-state index is 0.103. The number of aliphatic hydroxyl groups excluding tert-OH is 1. The molecule has 86 heavy (non-hydrogen) atoms. The predicted octanol–water partition coefficient (Wildman–Crippen LogP) is 18.7. The van der Waals surface area contributed by atoms with E-state index in [1.165, 1.54) is 135 Å². The second-order valence-corrected chi connectivity index (χ2v) is 28.5. The van der Waals surface area contributed by atoms with Crippen molar-refractivity contribution in [2.24, 2.45) is 17.8 Å². The van der Waals surface area contributed by atoms with Gasteiger partial charge in [-0.15, -0.1) is 0 Å². The average molecular weight is 1270 g/mol. The monoisotopic (exact) mass is 1270 g/mol. The van der Waals surface area contributed by atoms with Crippen LogP contribution in [0.15, 0.2) is 0 Å². The van der Waals surface area contributed by atoms with Crippen LogP contribution in [0.4, 0.5) is 0 Å². The van der Waals surface area contributed by atoms with Crippen LogP contribution in [0.2, 0.25) is 0 Å². The minimum Gasteiger partial charge on any atom is -0.462 e. The summed E-state index contributed by atoms with van der Waals surface area (Å²) in [5.41, 5.74) is 0. The fourth-order valence-corrected chi connectivity index (χ4v) is 11.6. The third kappa shape index (κ3) is 60.9. The smallest absolute Gasteiger partial charge is 0.462 e. The van der Waals surface area contributed by atoms with Gasteiger partial charge in [-0.05, 0) is 43.4 Å². The highest BCUT2D eigenvalue weighted by Crippen LogP contribution is 2.45. The summed E-state index contributed by atoms with van der Waals surface area (Å²) in [4.78, 5) is 72.1. The van der Waals surface area contributed by atoms with E-state index in [-0.39, 0.29) is 25.7 Å². The summed E-state index contributed by atoms with van der Waals surface area (Å²) in [5, 5.41) is 10.5. The normalized spacial score (nSPS) is 14.3. The van der Waals surface area contributed by atoms with E-state index in [0.29, 0.717) is 25.7 Å². The molecule has 0 aliphatic heterocycles. The van der Waals surface area contributed by atoms with Crippen LogP contribution in [-0.2, 0) is 65.4 Å². The quantitative estimate of drug-likeness (QED) is 0.0222. The molecule has 0 amide bonds. The Hall–Kier alpha value is -1.94. The Morgan fingerprint density at radius 2 is 0.535 bits per heavy atom. The zero-order valence-corrected chi connectivity index (χ0v) is 57.6. The standard InChI is InChI=1S/C67H130O17P2/c1-8-9-10-31-41-48-64(69)77-54-62(83-67(72)51-44-37-30-24-23-27-34-40-47-60(6)7)56-81-85(73,74)79-52-61(68)53-80-86(75,76)82-57-63(55-78-65(70)49-42-35-28-22-18-20-26-33-39-46-59(4)5)84-66(71)50-43-36-29-21-17-15-13-11-12-14-16-19-25-32-38-45-58(2)3/h58-63,68H,8-57H2,1-7H3,(H,73,74)(H,75,76)/t61-,62+,63+/m0/s1. The van der Waals surface area contributed by atoms with Crippen molar-refractivity contribution in [1.29, 1.82) is 0 Å². The number of esters is 4. The van der Waals surface area contributed by atoms with Gasteiger partial charge in [-0.3, -0.25) is 37.3 Å². The Labute approximate surface area is 524 Å². The van der Waals surface area contributed by atoms with E-state index in [2.05, 4.69) is 48.5 Å². The van der Waals surface area contributed by atoms with Crippen molar-refractivity contribution in [3.63, 3.8) is 0 Å². The molecule has 0 bridgehead atoms. The topological polar surface area (TPSA) is 237 Å². The van der Waals surface area contributed by atoms with Crippen molar-refractivity contribution < 1.29 is 80.2 Å². The lowest BCUT2D eigenvalue weighted by atomic mass is 10.0. The van der Waals surface area contributed by atoms with Crippen LogP contribution >= 0.6 is 15.6 Å². The zero-order chi connectivity index (χ0) is 63.8. The maximum Gasteiger partial charge on any atom is 0.472 e. The summed E-state index contributed by atoms with van der Waals surface area (Å²) in [6.45, 7) is 11.7. The van der Waals surface area contributed by atoms with E-state index >= 15 is 0 Å². The molecule has 0 aromatic heterocycles. The van der Waals surface area contributed by atoms with Crippen LogP contribution in [0.3, 0.4) is 0 Å². The Balaban J connectivity index is 5.15. The Bertz CT molecular complexity index is 1700. The lowest BCUT2D eigenvalue weighted by Crippen LogP contribution is -2.30. The van der Waals surface area contributed by atoms with Gasteiger partial charge in [0.05, 0.1) is 26.4 Å². The third-order valence-corrected chi connectivity index (χ3v) is 17.3. The zero-order valence-electron chi connectivity index (χ0n) is 55.8. The Kier molecular flexibility index (Phi) is 56.9. The largest absolute Gasteiger partial charge is 0.472 e. The summed E-state index contributed by atoms with van der Waals surface area (Å²) in [5.74, 6) is 0.122. The Morgan fingerprint density at radius 3 is 0.791 bits per heavy atom. The molecule has 19 heteroatoms. The second-order valence-electron chi connectivity index (χ2n) is 25.6. The van der Waals surface area contributed by atoms with E-state index in [1.54, 1.807) is 0 Å². The predicted molar refractivity (Wildman–Crippen MR) is 344 cm³/mol. The highest BCUT2D eigenvalue weighted by Gasteiger charge is 2.30. The van der Waals surface area contributed by atoms with Gasteiger partial charge in [0.2, 0.25) is 0 Å². The summed E-state index contributed by atoms with van der Waals surface area (Å²) in [6.07, 6.45) is 40.8. The first kappa shape index (κ1) is 84.1. The lowest BCUT2D eigenvalue weighted by molar-refractivity contribution is -0.161. The van der Waals surface area contributed by atoms with E-state index < -0.39 is 97.5 Å². The van der Waals surface area contributed by atoms with Crippen molar-refractivity contribution in [3.8, 4) is 0 Å². The number of unbranched alkanes of at least 4 members (excludes halogenated alkanes) is 33. The molecule has 0 fully saturated rings. The first-order valence-electron chi connectivity index (χ1n) is 34.8. The van der Waals surface area contributed by atoms with Gasteiger partial charge in [-0.2, -0.15) is 0 Å². The van der Waals surface area contributed by atoms with E-state index in [1.807, 2.05) is 0 Å². The lowest BCUT2D eigenvalue weighted by Gasteiger charge is -2.21. The van der Waals surface area contributed by atoms with Crippen LogP contribution in [0.25, 0.3) is 0 Å². The van der Waals surface area contributed by atoms with Gasteiger partial charge in [0.1, 0.15) is 19.3 Å². The second kappa shape index (κ2) is 58.2. The molecule has 0 aliphatic rings. The molecule has 2 unspecified atom stereocenters. The van der Waals surface area contributed by atoms with Gasteiger partial charge >= 0.3 is 39.5 Å². The molecule has 5 atom stereocenters. The van der Waals surface area contributed by atoms with Crippen LogP contribution in [-0.4, -0.2) is 96.7 Å². The highest BCUT2D eigenvalue weighted by molar-refractivity contribution is 7.47. The first-order valence-corrected chi connectivity index (χ1v) is 37.8. The molecule has 0 heterocycles. The molecule has 0 saturated heterocycles. The fraction of sp³-hybridized carbons (Fsp3) is 0.940. The number of hydrogen-bond donors (Lipinski definition) is 3. The molecule has 0 spiro atoms. The van der Waals surface area contributed by atoms with Gasteiger partial charge in [-0.1, -0.05) is 280 Å². The molecule has 0 radical (unpaired) electrons. The average Bonchev–Trinajstić information content (AvgIpc) is 3.68. The number of hydrogen-bond acceptors (Lipinski definition) is 15. The van der Waals surface area contributed by atoms with Crippen LogP contribution in [0, 0.1) is 17.8 Å². The molecule has 0 rings (SSSR count). The number of carbonyl (C=O) groups excluding carboxylic acids is 4. The molecule has 510 valence electrons. The molecule has 0 aromatic carbocycles. The summed E-state index contributed by atoms with van der Waals surface area (Å²) < 4.78 is 67.9. The molecule has 3 N–H and O–H groups in total. The summed E-state index contributed by atoms with van der Waals surface area (Å²) >= 11 is 0. The maximum absolute atomic E-state index is 13.0. The molecule has 0 saturated carbocycles. The number of ether oxygens (including phenoxy) is 4. The SMILES string of the molecule is CCCCCCCC(=O)OC[C@H](COP(=O)(O)OC[C@H](O)COP(=O)(O)OC[C@@H](COC(=O)CCCCCCCCCCCC(C)C)OC(=O)CCCCCCCCCCCCCCCCCC(C)C)OC(=O)CCCCCCCCCCC(C)C. The minimum atomic E-state index is -4.95. The number of phosphoric ester groups is 2. The number of carbonyl (C=O) groups is 4. The fourth-order valence-electron chi connectivity index (χ4n) is 10.0. The van der Waals surface area contributed by atoms with Crippen molar-refractivity contribution in [2.75, 3.05) is 39.6 Å². The number of rotatable bonds is 65. The Morgan fingerprint density at radius 1 is 0.314 bits per heavy atom. The first-order chi connectivity index (χ1) is 41.2. The molecular weight excluding hydrogens is 1140 g/mol. The van der Waals surface area contributed by atoms with E-state index in [0.717, 1.165) is 114 Å². The molecule has 17 nitrogen and oxygen atoms in total. The van der Waals surface area contributed by atoms with Crippen molar-refractivity contribution in [1.82, 2.24) is 0 Å². The van der Waals surface area contributed by atoms with Gasteiger partial charge in [0.25, 0.3) is 0 Å². The summed E-state index contributed by atoms with van der Waals surface area (Å²) in [6, 6.07) is 0. The van der Waals surface area contributed by atoms with Gasteiger partial charge in [0.15, 0.2) is 12.2 Å².